The zero-order valence-corrected chi connectivity index (χ0v) is 24.3. The molecular weight excluding hydrogens is 598 g/mol. The van der Waals surface area contributed by atoms with Crippen molar-refractivity contribution < 1.29 is 27.5 Å². The van der Waals surface area contributed by atoms with Crippen LogP contribution in [-0.4, -0.2) is 33.6 Å². The molecular formula is C30H22ClN3O6S2. The van der Waals surface area contributed by atoms with Gasteiger partial charge in [-0.2, -0.15) is 5.10 Å². The second kappa shape index (κ2) is 12.4. The van der Waals surface area contributed by atoms with E-state index in [4.69, 9.17) is 21.1 Å². The van der Waals surface area contributed by atoms with Crippen molar-refractivity contribution in [3.63, 3.8) is 0 Å². The van der Waals surface area contributed by atoms with Gasteiger partial charge in [-0.1, -0.05) is 48.0 Å². The lowest BCUT2D eigenvalue weighted by Crippen LogP contribution is -2.18. The SMILES string of the molecule is COc1cc(/C=N/NC(=O)c2ccc(NS(=O)(=O)c3ccccc3)cc2)ccc1OC(=O)c1sc2ccccc2c1Cl. The molecule has 1 amide bonds. The molecule has 5 aromatic rings. The zero-order valence-electron chi connectivity index (χ0n) is 21.9. The molecule has 5 rings (SSSR count). The van der Waals surface area contributed by atoms with Gasteiger partial charge < -0.3 is 9.47 Å². The number of anilines is 1. The summed E-state index contributed by atoms with van der Waals surface area (Å²) in [5.74, 6) is -0.627. The molecule has 1 aromatic heterocycles. The maximum Gasteiger partial charge on any atom is 0.355 e. The second-order valence-electron chi connectivity index (χ2n) is 8.74. The Hall–Kier alpha value is -4.71. The summed E-state index contributed by atoms with van der Waals surface area (Å²) in [6, 6.07) is 26.1. The van der Waals surface area contributed by atoms with Gasteiger partial charge in [0.1, 0.15) is 4.88 Å². The number of hydrogen-bond acceptors (Lipinski definition) is 8. The predicted octanol–water partition coefficient (Wildman–Crippen LogP) is 6.35. The molecule has 0 unspecified atom stereocenters. The van der Waals surface area contributed by atoms with Gasteiger partial charge in [-0.05, 0) is 66.2 Å². The van der Waals surface area contributed by atoms with E-state index in [1.807, 2.05) is 24.3 Å². The largest absolute Gasteiger partial charge is 0.493 e. The van der Waals surface area contributed by atoms with Crippen molar-refractivity contribution in [2.24, 2.45) is 5.10 Å². The van der Waals surface area contributed by atoms with E-state index in [-0.39, 0.29) is 26.8 Å². The van der Waals surface area contributed by atoms with Gasteiger partial charge in [-0.3, -0.25) is 9.52 Å². The van der Waals surface area contributed by atoms with Crippen molar-refractivity contribution in [2.75, 3.05) is 11.8 Å². The summed E-state index contributed by atoms with van der Waals surface area (Å²) < 4.78 is 39.2. The molecule has 2 N–H and O–H groups in total. The van der Waals surface area contributed by atoms with E-state index in [1.165, 1.54) is 61.1 Å². The molecule has 0 radical (unpaired) electrons. The number of benzene rings is 4. The van der Waals surface area contributed by atoms with Gasteiger partial charge in [0.15, 0.2) is 11.5 Å². The molecule has 0 aliphatic rings. The van der Waals surface area contributed by atoms with Gasteiger partial charge in [0.2, 0.25) is 0 Å². The van der Waals surface area contributed by atoms with Crippen molar-refractivity contribution in [2.45, 2.75) is 4.90 Å². The summed E-state index contributed by atoms with van der Waals surface area (Å²) in [6.07, 6.45) is 1.40. The summed E-state index contributed by atoms with van der Waals surface area (Å²) in [6.45, 7) is 0. The number of carbonyl (C=O) groups excluding carboxylic acids is 2. The fourth-order valence-electron chi connectivity index (χ4n) is 3.87. The maximum absolute atomic E-state index is 12.8. The summed E-state index contributed by atoms with van der Waals surface area (Å²) in [5, 5.41) is 5.09. The van der Waals surface area contributed by atoms with Crippen LogP contribution in [0.4, 0.5) is 5.69 Å². The molecule has 1 heterocycles. The smallest absolute Gasteiger partial charge is 0.355 e. The van der Waals surface area contributed by atoms with Gasteiger partial charge in [0, 0.05) is 21.3 Å². The minimum atomic E-state index is -3.75. The number of amides is 1. The number of thiophene rings is 1. The van der Waals surface area contributed by atoms with E-state index in [1.54, 1.807) is 36.4 Å². The first kappa shape index (κ1) is 28.8. The normalized spacial score (nSPS) is 11.4. The van der Waals surface area contributed by atoms with Crippen LogP contribution in [0.3, 0.4) is 0 Å². The van der Waals surface area contributed by atoms with Gasteiger partial charge in [0.05, 0.1) is 23.2 Å². The first-order chi connectivity index (χ1) is 20.2. The molecule has 0 fully saturated rings. The Balaban J connectivity index is 1.20. The van der Waals surface area contributed by atoms with E-state index in [0.29, 0.717) is 16.3 Å². The number of halogens is 1. The first-order valence-electron chi connectivity index (χ1n) is 12.3. The number of esters is 1. The lowest BCUT2D eigenvalue weighted by Gasteiger charge is -2.09. The van der Waals surface area contributed by atoms with Crippen molar-refractivity contribution in [1.29, 1.82) is 0 Å². The highest BCUT2D eigenvalue weighted by molar-refractivity contribution is 7.92. The van der Waals surface area contributed by atoms with Crippen LogP contribution in [0.2, 0.25) is 5.02 Å². The van der Waals surface area contributed by atoms with E-state index < -0.39 is 21.9 Å². The van der Waals surface area contributed by atoms with Crippen molar-refractivity contribution in [3.05, 3.63) is 118 Å². The number of hydrogen-bond donors (Lipinski definition) is 2. The number of fused-ring (bicyclic) bond motifs is 1. The van der Waals surface area contributed by atoms with Crippen LogP contribution in [0.25, 0.3) is 10.1 Å². The fraction of sp³-hybridized carbons (Fsp3) is 0.0333. The van der Waals surface area contributed by atoms with Crippen molar-refractivity contribution in [3.8, 4) is 11.5 Å². The summed E-state index contributed by atoms with van der Waals surface area (Å²) in [4.78, 5) is 25.8. The molecule has 0 saturated heterocycles. The molecule has 0 atom stereocenters. The second-order valence-corrected chi connectivity index (χ2v) is 11.8. The Morgan fingerprint density at radius 3 is 2.33 bits per heavy atom. The molecule has 0 spiro atoms. The van der Waals surface area contributed by atoms with Gasteiger partial charge in [-0.25, -0.2) is 18.6 Å². The number of rotatable bonds is 9. The summed E-state index contributed by atoms with van der Waals surface area (Å²) >= 11 is 7.64. The number of sulfonamides is 1. The molecule has 12 heteroatoms. The molecule has 212 valence electrons. The summed E-state index contributed by atoms with van der Waals surface area (Å²) in [7, 11) is -2.31. The first-order valence-corrected chi connectivity index (χ1v) is 15.0. The highest BCUT2D eigenvalue weighted by Crippen LogP contribution is 2.37. The third-order valence-electron chi connectivity index (χ3n) is 5.94. The molecule has 42 heavy (non-hydrogen) atoms. The highest BCUT2D eigenvalue weighted by atomic mass is 35.5. The third-order valence-corrected chi connectivity index (χ3v) is 9.00. The van der Waals surface area contributed by atoms with Crippen molar-refractivity contribution >= 4 is 66.8 Å². The topological polar surface area (TPSA) is 123 Å². The number of hydrazone groups is 1. The molecule has 9 nitrogen and oxygen atoms in total. The molecule has 0 aliphatic heterocycles. The van der Waals surface area contributed by atoms with Gasteiger partial charge in [0.25, 0.3) is 15.9 Å². The average molecular weight is 620 g/mol. The Kier molecular flexibility index (Phi) is 8.53. The standard InChI is InChI=1S/C30H22ClN3O6S2/c1-39-25-17-19(11-16-24(25)40-30(36)28-27(31)23-9-5-6-10-26(23)41-28)18-32-33-29(35)20-12-14-21(15-13-20)34-42(37,38)22-7-3-2-4-8-22/h2-18,34H,1H3,(H,33,35)/b32-18+. The molecule has 0 aliphatic carbocycles. The average Bonchev–Trinajstić information content (AvgIpc) is 3.34. The molecule has 4 aromatic carbocycles. The fourth-order valence-corrected chi connectivity index (χ4v) is 6.34. The van der Waals surface area contributed by atoms with Gasteiger partial charge >= 0.3 is 5.97 Å². The van der Waals surface area contributed by atoms with Crippen LogP contribution in [-0.2, 0) is 10.0 Å². The number of methoxy groups -OCH3 is 1. The molecule has 0 saturated carbocycles. The Morgan fingerprint density at radius 2 is 1.62 bits per heavy atom. The van der Waals surface area contributed by atoms with E-state index in [2.05, 4.69) is 15.2 Å². The monoisotopic (exact) mass is 619 g/mol. The van der Waals surface area contributed by atoms with Crippen LogP contribution in [0.15, 0.2) is 107 Å². The Bertz CT molecular complexity index is 1910. The predicted molar refractivity (Wildman–Crippen MR) is 164 cm³/mol. The van der Waals surface area contributed by atoms with Crippen LogP contribution < -0.4 is 19.6 Å². The van der Waals surface area contributed by atoms with Crippen LogP contribution in [0.1, 0.15) is 25.6 Å². The lowest BCUT2D eigenvalue weighted by atomic mass is 10.2. The minimum absolute atomic E-state index is 0.129. The zero-order chi connectivity index (χ0) is 29.7. The van der Waals surface area contributed by atoms with E-state index in [0.717, 1.165) is 10.1 Å². The van der Waals surface area contributed by atoms with E-state index >= 15 is 0 Å². The Morgan fingerprint density at radius 1 is 0.905 bits per heavy atom. The number of nitrogens with one attached hydrogen (secondary N) is 2. The summed E-state index contributed by atoms with van der Waals surface area (Å²) in [5.41, 5.74) is 3.56. The number of nitrogens with zero attached hydrogens (tertiary/aromatic N) is 1. The van der Waals surface area contributed by atoms with Crippen LogP contribution >= 0.6 is 22.9 Å². The minimum Gasteiger partial charge on any atom is -0.493 e. The lowest BCUT2D eigenvalue weighted by molar-refractivity contribution is 0.0734. The maximum atomic E-state index is 12.8. The van der Waals surface area contributed by atoms with Crippen LogP contribution in [0.5, 0.6) is 11.5 Å². The van der Waals surface area contributed by atoms with Gasteiger partial charge in [-0.15, -0.1) is 11.3 Å². The highest BCUT2D eigenvalue weighted by Gasteiger charge is 2.20. The number of carbonyl (C=O) groups is 2. The molecule has 0 bridgehead atoms. The quantitative estimate of drug-likeness (QED) is 0.0858. The van der Waals surface area contributed by atoms with Crippen molar-refractivity contribution in [1.82, 2.24) is 5.43 Å². The van der Waals surface area contributed by atoms with Crippen LogP contribution in [0, 0.1) is 0 Å². The van der Waals surface area contributed by atoms with E-state index in [9.17, 15) is 18.0 Å². The number of ether oxygens (including phenoxy) is 2. The Labute approximate surface area is 250 Å². The third kappa shape index (κ3) is 6.44.